The lowest BCUT2D eigenvalue weighted by molar-refractivity contribution is -0.909. The first-order valence-corrected chi connectivity index (χ1v) is 11.0. The minimum Gasteiger partial charge on any atom is -0.331 e. The highest BCUT2D eigenvalue weighted by Gasteiger charge is 2.31. The van der Waals surface area contributed by atoms with Crippen LogP contribution in [0.4, 0.5) is 0 Å². The fourth-order valence-electron chi connectivity index (χ4n) is 4.45. The molecule has 5 nitrogen and oxygen atoms in total. The van der Waals surface area contributed by atoms with Crippen LogP contribution in [-0.2, 0) is 6.54 Å². The maximum Gasteiger partial charge on any atom is 0.255 e. The van der Waals surface area contributed by atoms with E-state index in [0.717, 1.165) is 29.8 Å². The second-order valence-corrected chi connectivity index (χ2v) is 8.31. The van der Waals surface area contributed by atoms with Crippen LogP contribution in [0.3, 0.4) is 0 Å². The van der Waals surface area contributed by atoms with E-state index in [1.54, 1.807) is 11.0 Å². The van der Waals surface area contributed by atoms with Gasteiger partial charge in [0, 0.05) is 24.9 Å². The van der Waals surface area contributed by atoms with Crippen molar-refractivity contribution in [1.29, 1.82) is 0 Å². The minimum atomic E-state index is -0.0248. The number of nitrogens with zero attached hydrogens (tertiary/aromatic N) is 2. The summed E-state index contributed by atoms with van der Waals surface area (Å²) < 4.78 is 0. The number of hydrogen-bond acceptors (Lipinski definition) is 2. The van der Waals surface area contributed by atoms with Gasteiger partial charge in [0.1, 0.15) is 6.04 Å². The van der Waals surface area contributed by atoms with Gasteiger partial charge >= 0.3 is 0 Å². The molecule has 2 aromatic carbocycles. The number of carbonyl (C=O) groups is 1. The molecule has 1 aromatic heterocycles. The van der Waals surface area contributed by atoms with Crippen molar-refractivity contribution in [3.05, 3.63) is 76.9 Å². The summed E-state index contributed by atoms with van der Waals surface area (Å²) in [5.74, 6) is -0.0248. The first-order chi connectivity index (χ1) is 14.7. The molecule has 3 aromatic rings. The molecule has 0 saturated carbocycles. The van der Waals surface area contributed by atoms with Crippen molar-refractivity contribution < 1.29 is 9.69 Å². The summed E-state index contributed by atoms with van der Waals surface area (Å²) in [6, 6.07) is 17.9. The molecule has 0 radical (unpaired) electrons. The van der Waals surface area contributed by atoms with Gasteiger partial charge in [0.15, 0.2) is 0 Å². The van der Waals surface area contributed by atoms with E-state index in [9.17, 15) is 4.79 Å². The highest BCUT2D eigenvalue weighted by atomic mass is 35.5. The Hall–Kier alpha value is -2.63. The fourth-order valence-corrected chi connectivity index (χ4v) is 4.67. The number of likely N-dealkylation sites (tertiary alicyclic amines) is 1. The van der Waals surface area contributed by atoms with E-state index < -0.39 is 0 Å². The van der Waals surface area contributed by atoms with Crippen LogP contribution < -0.4 is 4.90 Å². The van der Waals surface area contributed by atoms with E-state index in [1.165, 1.54) is 13.0 Å². The van der Waals surface area contributed by atoms with E-state index >= 15 is 0 Å². The number of hydrogen-bond donors (Lipinski definition) is 2. The monoisotopic (exact) mass is 423 g/mol. The van der Waals surface area contributed by atoms with Crippen molar-refractivity contribution in [3.63, 3.8) is 0 Å². The first kappa shape index (κ1) is 20.6. The number of benzene rings is 2. The Kier molecular flexibility index (Phi) is 6.50. The van der Waals surface area contributed by atoms with E-state index in [-0.39, 0.29) is 5.91 Å². The highest BCUT2D eigenvalue weighted by molar-refractivity contribution is 6.33. The Labute approximate surface area is 182 Å². The molecule has 1 amide bonds. The zero-order valence-corrected chi connectivity index (χ0v) is 18.0. The molecule has 0 aliphatic carbocycles. The van der Waals surface area contributed by atoms with Crippen molar-refractivity contribution in [2.45, 2.75) is 32.4 Å². The van der Waals surface area contributed by atoms with Crippen molar-refractivity contribution in [2.24, 2.45) is 0 Å². The zero-order chi connectivity index (χ0) is 20.9. The van der Waals surface area contributed by atoms with Gasteiger partial charge in [-0.2, -0.15) is 5.10 Å². The molecule has 1 aliphatic rings. The molecule has 30 heavy (non-hydrogen) atoms. The van der Waals surface area contributed by atoms with Crippen LogP contribution in [0, 0.1) is 0 Å². The van der Waals surface area contributed by atoms with E-state index in [1.807, 2.05) is 47.5 Å². The van der Waals surface area contributed by atoms with Crippen LogP contribution in [-0.4, -0.2) is 46.7 Å². The maximum absolute atomic E-state index is 13.5. The highest BCUT2D eigenvalue weighted by Crippen LogP contribution is 2.24. The molecular weight excluding hydrogens is 396 g/mol. The van der Waals surface area contributed by atoms with Crippen LogP contribution >= 0.6 is 11.6 Å². The molecule has 4 rings (SSSR count). The molecule has 1 fully saturated rings. The van der Waals surface area contributed by atoms with Crippen LogP contribution in [0.2, 0.25) is 5.02 Å². The molecule has 6 heteroatoms. The van der Waals surface area contributed by atoms with Crippen LogP contribution in [0.5, 0.6) is 0 Å². The molecule has 0 spiro atoms. The summed E-state index contributed by atoms with van der Waals surface area (Å²) in [7, 11) is 0. The number of quaternary nitrogens is 1. The number of halogens is 1. The Bertz CT molecular complexity index is 988. The molecule has 156 valence electrons. The predicted molar refractivity (Wildman–Crippen MR) is 120 cm³/mol. The third-order valence-corrected chi connectivity index (χ3v) is 6.39. The summed E-state index contributed by atoms with van der Waals surface area (Å²) >= 11 is 6.37. The van der Waals surface area contributed by atoms with E-state index in [2.05, 4.69) is 29.3 Å². The molecule has 1 aliphatic heterocycles. The number of aromatic nitrogens is 2. The Morgan fingerprint density at radius 3 is 2.73 bits per heavy atom. The van der Waals surface area contributed by atoms with Gasteiger partial charge in [0.25, 0.3) is 5.91 Å². The summed E-state index contributed by atoms with van der Waals surface area (Å²) in [6.07, 6.45) is 4.18. The predicted octanol–water partition coefficient (Wildman–Crippen LogP) is 3.44. The maximum atomic E-state index is 13.5. The van der Waals surface area contributed by atoms with Crippen molar-refractivity contribution in [2.75, 3.05) is 19.6 Å². The van der Waals surface area contributed by atoms with Gasteiger partial charge in [0.05, 0.1) is 42.1 Å². The number of H-pyrrole nitrogens is 1. The van der Waals surface area contributed by atoms with Gasteiger partial charge in [-0.15, -0.1) is 0 Å². The normalized spacial score (nSPS) is 18.5. The average Bonchev–Trinajstić information content (AvgIpc) is 3.43. The Balaban J connectivity index is 1.64. The molecular formula is C24H28ClN4O+. The molecule has 2 N–H and O–H groups in total. The van der Waals surface area contributed by atoms with Crippen LogP contribution in [0.25, 0.3) is 11.3 Å². The SMILES string of the molecule is CC[NH+]1CCC[C@H]1CN(Cc1cn[nH]c1-c1ccccc1)C(=O)c1ccccc1Cl. The smallest absolute Gasteiger partial charge is 0.255 e. The fraction of sp³-hybridized carbons (Fsp3) is 0.333. The number of rotatable bonds is 7. The summed E-state index contributed by atoms with van der Waals surface area (Å²) in [5, 5.41) is 7.88. The second-order valence-electron chi connectivity index (χ2n) is 7.90. The lowest BCUT2D eigenvalue weighted by Gasteiger charge is -2.29. The minimum absolute atomic E-state index is 0.0248. The number of amides is 1. The lowest BCUT2D eigenvalue weighted by Crippen LogP contribution is -3.14. The zero-order valence-electron chi connectivity index (χ0n) is 17.3. The van der Waals surface area contributed by atoms with Crippen molar-refractivity contribution in [1.82, 2.24) is 15.1 Å². The van der Waals surface area contributed by atoms with Gasteiger partial charge in [-0.05, 0) is 24.6 Å². The number of nitrogens with one attached hydrogen (secondary N) is 2. The topological polar surface area (TPSA) is 53.4 Å². The summed E-state index contributed by atoms with van der Waals surface area (Å²) in [6.45, 7) is 5.69. The number of likely N-dealkylation sites (N-methyl/N-ethyl adjacent to an activating group) is 1. The van der Waals surface area contributed by atoms with Crippen molar-refractivity contribution >= 4 is 17.5 Å². The molecule has 2 atom stereocenters. The Morgan fingerprint density at radius 1 is 1.20 bits per heavy atom. The van der Waals surface area contributed by atoms with Crippen LogP contribution in [0.1, 0.15) is 35.7 Å². The first-order valence-electron chi connectivity index (χ1n) is 10.6. The lowest BCUT2D eigenvalue weighted by atomic mass is 10.1. The second kappa shape index (κ2) is 9.45. The standard InChI is InChI=1S/C24H27ClN4O/c1-2-28-14-8-11-20(28)17-29(24(30)21-12-6-7-13-22(21)25)16-19-15-26-27-23(19)18-9-4-3-5-10-18/h3-7,9-10,12-13,15,20H,2,8,11,14,16-17H2,1H3,(H,26,27)/p+1/t20-/m0/s1. The van der Waals surface area contributed by atoms with Gasteiger partial charge in [-0.1, -0.05) is 54.1 Å². The van der Waals surface area contributed by atoms with Gasteiger partial charge < -0.3 is 9.80 Å². The largest absolute Gasteiger partial charge is 0.331 e. The summed E-state index contributed by atoms with van der Waals surface area (Å²) in [4.78, 5) is 17.0. The third kappa shape index (κ3) is 4.42. The molecule has 1 saturated heterocycles. The van der Waals surface area contributed by atoms with Gasteiger partial charge in [-0.25, -0.2) is 0 Å². The van der Waals surface area contributed by atoms with Crippen LogP contribution in [0.15, 0.2) is 60.8 Å². The molecule has 2 heterocycles. The van der Waals surface area contributed by atoms with Gasteiger partial charge in [-0.3, -0.25) is 9.89 Å². The average molecular weight is 424 g/mol. The number of aromatic amines is 1. The Morgan fingerprint density at radius 2 is 1.97 bits per heavy atom. The quantitative estimate of drug-likeness (QED) is 0.611. The van der Waals surface area contributed by atoms with Crippen molar-refractivity contribution in [3.8, 4) is 11.3 Å². The van der Waals surface area contributed by atoms with E-state index in [0.29, 0.717) is 29.7 Å². The number of carbonyl (C=O) groups excluding carboxylic acids is 1. The summed E-state index contributed by atoms with van der Waals surface area (Å²) in [5.41, 5.74) is 3.59. The van der Waals surface area contributed by atoms with Gasteiger partial charge in [0.2, 0.25) is 0 Å². The third-order valence-electron chi connectivity index (χ3n) is 6.06. The molecule has 1 unspecified atom stereocenters. The van der Waals surface area contributed by atoms with E-state index in [4.69, 9.17) is 11.6 Å². The molecule has 0 bridgehead atoms.